The van der Waals surface area contributed by atoms with E-state index in [2.05, 4.69) is 0 Å². The molecule has 0 aromatic heterocycles. The van der Waals surface area contributed by atoms with Crippen LogP contribution in [0, 0.1) is 12.7 Å². The van der Waals surface area contributed by atoms with Crippen molar-refractivity contribution in [2.45, 2.75) is 13.0 Å². The van der Waals surface area contributed by atoms with Gasteiger partial charge in [0, 0.05) is 12.1 Å². The molecule has 0 radical (unpaired) electrons. The van der Waals surface area contributed by atoms with E-state index in [0.29, 0.717) is 26.3 Å². The number of rotatable bonds is 4. The molecule has 1 aliphatic heterocycles. The normalized spacial score (nSPS) is 17.4. The Bertz CT molecular complexity index is 751. The maximum absolute atomic E-state index is 13.6. The highest BCUT2D eigenvalue weighted by molar-refractivity contribution is 6.30. The molecule has 0 spiro atoms. The van der Waals surface area contributed by atoms with Crippen LogP contribution >= 0.6 is 11.6 Å². The van der Waals surface area contributed by atoms with Gasteiger partial charge in [0.25, 0.3) is 5.91 Å². The first-order valence-corrected chi connectivity index (χ1v) is 8.46. The molecule has 132 valence electrons. The highest BCUT2D eigenvalue weighted by Gasteiger charge is 2.26. The molecule has 1 heterocycles. The van der Waals surface area contributed by atoms with Crippen LogP contribution in [0.25, 0.3) is 0 Å². The van der Waals surface area contributed by atoms with Gasteiger partial charge in [-0.05, 0) is 37.3 Å². The van der Waals surface area contributed by atoms with E-state index in [-0.39, 0.29) is 22.6 Å². The van der Waals surface area contributed by atoms with Crippen molar-refractivity contribution in [2.24, 2.45) is 0 Å². The largest absolute Gasteiger partial charge is 0.491 e. The van der Waals surface area contributed by atoms with E-state index in [1.807, 2.05) is 31.2 Å². The van der Waals surface area contributed by atoms with Crippen LogP contribution in [0.15, 0.2) is 42.5 Å². The SMILES string of the molecule is Cc1ccc(OC[C@@H]2CN(C(=O)c3ccc(Cl)c(F)c3)CCO2)cc1. The average Bonchev–Trinajstić information content (AvgIpc) is 2.63. The predicted octanol–water partition coefficient (Wildman–Crippen LogP) is 3.71. The standard InChI is InChI=1S/C19H19ClFNO3/c1-13-2-5-15(6-3-13)25-12-16-11-22(8-9-24-16)19(23)14-4-7-17(20)18(21)10-14/h2-7,10,16H,8-9,11-12H2,1H3/t16-/m0/s1. The number of ether oxygens (including phenoxy) is 2. The molecule has 0 saturated carbocycles. The molecule has 1 saturated heterocycles. The van der Waals surface area contributed by atoms with Crippen molar-refractivity contribution < 1.29 is 18.7 Å². The number of nitrogens with zero attached hydrogens (tertiary/aromatic N) is 1. The molecule has 1 fully saturated rings. The van der Waals surface area contributed by atoms with E-state index in [9.17, 15) is 9.18 Å². The third-order valence-electron chi connectivity index (χ3n) is 4.05. The van der Waals surface area contributed by atoms with E-state index in [4.69, 9.17) is 21.1 Å². The van der Waals surface area contributed by atoms with E-state index in [1.54, 1.807) is 4.90 Å². The maximum atomic E-state index is 13.6. The zero-order valence-electron chi connectivity index (χ0n) is 13.9. The highest BCUT2D eigenvalue weighted by Crippen LogP contribution is 2.18. The van der Waals surface area contributed by atoms with Gasteiger partial charge in [-0.1, -0.05) is 29.3 Å². The van der Waals surface area contributed by atoms with Crippen LogP contribution in [-0.2, 0) is 4.74 Å². The van der Waals surface area contributed by atoms with Crippen molar-refractivity contribution in [3.05, 3.63) is 64.4 Å². The minimum atomic E-state index is -0.597. The Balaban J connectivity index is 1.59. The Morgan fingerprint density at radius 3 is 2.80 bits per heavy atom. The molecule has 0 N–H and O–H groups in total. The van der Waals surface area contributed by atoms with E-state index >= 15 is 0 Å². The minimum absolute atomic E-state index is 0.00269. The van der Waals surface area contributed by atoms with E-state index in [0.717, 1.165) is 17.4 Å². The van der Waals surface area contributed by atoms with Crippen LogP contribution in [-0.4, -0.2) is 43.2 Å². The van der Waals surface area contributed by atoms with Crippen molar-refractivity contribution >= 4 is 17.5 Å². The first-order valence-electron chi connectivity index (χ1n) is 8.08. The lowest BCUT2D eigenvalue weighted by Gasteiger charge is -2.33. The van der Waals surface area contributed by atoms with Gasteiger partial charge in [0.2, 0.25) is 0 Å². The molecule has 0 bridgehead atoms. The summed E-state index contributed by atoms with van der Waals surface area (Å²) in [5.41, 5.74) is 1.44. The lowest BCUT2D eigenvalue weighted by atomic mass is 10.1. The van der Waals surface area contributed by atoms with Gasteiger partial charge in [-0.25, -0.2) is 4.39 Å². The molecule has 0 unspecified atom stereocenters. The van der Waals surface area contributed by atoms with Crippen molar-refractivity contribution in [1.82, 2.24) is 4.90 Å². The van der Waals surface area contributed by atoms with Gasteiger partial charge in [-0.3, -0.25) is 4.79 Å². The molecule has 6 heteroatoms. The van der Waals surface area contributed by atoms with Crippen LogP contribution in [0.1, 0.15) is 15.9 Å². The molecule has 3 rings (SSSR count). The molecule has 2 aromatic rings. The number of benzene rings is 2. The van der Waals surface area contributed by atoms with Crippen molar-refractivity contribution in [3.63, 3.8) is 0 Å². The van der Waals surface area contributed by atoms with Gasteiger partial charge in [0.05, 0.1) is 18.2 Å². The zero-order chi connectivity index (χ0) is 17.8. The smallest absolute Gasteiger partial charge is 0.254 e. The molecular weight excluding hydrogens is 345 g/mol. The first-order chi connectivity index (χ1) is 12.0. The molecule has 2 aromatic carbocycles. The van der Waals surface area contributed by atoms with Crippen molar-refractivity contribution in [1.29, 1.82) is 0 Å². The van der Waals surface area contributed by atoms with Gasteiger partial charge in [0.1, 0.15) is 24.3 Å². The van der Waals surface area contributed by atoms with Gasteiger partial charge >= 0.3 is 0 Å². The molecule has 0 aliphatic carbocycles. The number of amides is 1. The fourth-order valence-electron chi connectivity index (χ4n) is 2.64. The first kappa shape index (κ1) is 17.7. The number of morpholine rings is 1. The number of carbonyl (C=O) groups is 1. The maximum Gasteiger partial charge on any atom is 0.254 e. The Morgan fingerprint density at radius 1 is 1.32 bits per heavy atom. The second-order valence-electron chi connectivity index (χ2n) is 6.00. The topological polar surface area (TPSA) is 38.8 Å². The lowest BCUT2D eigenvalue weighted by molar-refractivity contribution is -0.0401. The highest BCUT2D eigenvalue weighted by atomic mass is 35.5. The van der Waals surface area contributed by atoms with Crippen LogP contribution in [0.5, 0.6) is 5.75 Å². The fourth-order valence-corrected chi connectivity index (χ4v) is 2.76. The number of hydrogen-bond acceptors (Lipinski definition) is 3. The van der Waals surface area contributed by atoms with Crippen LogP contribution < -0.4 is 4.74 Å². The lowest BCUT2D eigenvalue weighted by Crippen LogP contribution is -2.47. The molecule has 1 aliphatic rings. The molecule has 4 nitrogen and oxygen atoms in total. The van der Waals surface area contributed by atoms with Crippen LogP contribution in [0.3, 0.4) is 0 Å². The summed E-state index contributed by atoms with van der Waals surface area (Å²) in [6.45, 7) is 3.64. The van der Waals surface area contributed by atoms with Gasteiger partial charge < -0.3 is 14.4 Å². The molecule has 1 atom stereocenters. The predicted molar refractivity (Wildman–Crippen MR) is 93.7 cm³/mol. The Kier molecular flexibility index (Phi) is 5.56. The van der Waals surface area contributed by atoms with E-state index < -0.39 is 5.82 Å². The Labute approximate surface area is 151 Å². The zero-order valence-corrected chi connectivity index (χ0v) is 14.6. The van der Waals surface area contributed by atoms with Crippen molar-refractivity contribution in [2.75, 3.05) is 26.3 Å². The van der Waals surface area contributed by atoms with Crippen LogP contribution in [0.2, 0.25) is 5.02 Å². The fraction of sp³-hybridized carbons (Fsp3) is 0.316. The number of carbonyl (C=O) groups excluding carboxylic acids is 1. The number of hydrogen-bond donors (Lipinski definition) is 0. The minimum Gasteiger partial charge on any atom is -0.491 e. The molecular formula is C19H19ClFNO3. The summed E-state index contributed by atoms with van der Waals surface area (Å²) in [5, 5.41) is 0.00269. The summed E-state index contributed by atoms with van der Waals surface area (Å²) in [5.74, 6) is -0.0725. The number of halogens is 2. The average molecular weight is 364 g/mol. The second kappa shape index (κ2) is 7.85. The second-order valence-corrected chi connectivity index (χ2v) is 6.40. The molecule has 1 amide bonds. The summed E-state index contributed by atoms with van der Waals surface area (Å²) in [6, 6.07) is 11.8. The molecule has 25 heavy (non-hydrogen) atoms. The summed E-state index contributed by atoms with van der Waals surface area (Å²) in [6.07, 6.45) is -0.226. The number of aryl methyl sites for hydroxylation is 1. The third-order valence-corrected chi connectivity index (χ3v) is 4.36. The summed E-state index contributed by atoms with van der Waals surface area (Å²) < 4.78 is 25.0. The monoisotopic (exact) mass is 363 g/mol. The Hall–Kier alpha value is -2.11. The van der Waals surface area contributed by atoms with Crippen LogP contribution in [0.4, 0.5) is 4.39 Å². The van der Waals surface area contributed by atoms with Gasteiger partial charge in [-0.2, -0.15) is 0 Å². The summed E-state index contributed by atoms with van der Waals surface area (Å²) in [4.78, 5) is 14.2. The van der Waals surface area contributed by atoms with Gasteiger partial charge in [0.15, 0.2) is 0 Å². The third kappa shape index (κ3) is 4.50. The quantitative estimate of drug-likeness (QED) is 0.831. The van der Waals surface area contributed by atoms with Crippen molar-refractivity contribution in [3.8, 4) is 5.75 Å². The van der Waals surface area contributed by atoms with E-state index in [1.165, 1.54) is 12.1 Å². The Morgan fingerprint density at radius 2 is 2.08 bits per heavy atom. The van der Waals surface area contributed by atoms with Gasteiger partial charge in [-0.15, -0.1) is 0 Å². The summed E-state index contributed by atoms with van der Waals surface area (Å²) in [7, 11) is 0. The summed E-state index contributed by atoms with van der Waals surface area (Å²) >= 11 is 5.67.